The minimum atomic E-state index is -0.0253. The quantitative estimate of drug-likeness (QED) is 0.828. The molecule has 0 amide bonds. The molecule has 1 saturated heterocycles. The van der Waals surface area contributed by atoms with Crippen LogP contribution in [0.1, 0.15) is 43.2 Å². The fourth-order valence-electron chi connectivity index (χ4n) is 3.34. The van der Waals surface area contributed by atoms with Crippen molar-refractivity contribution < 1.29 is 0 Å². The van der Waals surface area contributed by atoms with Crippen molar-refractivity contribution in [1.82, 2.24) is 4.90 Å². The Hall–Kier alpha value is -1.84. The van der Waals surface area contributed by atoms with E-state index in [0.717, 1.165) is 19.5 Å². The maximum atomic E-state index is 9.24. The van der Waals surface area contributed by atoms with Crippen LogP contribution in [0.25, 0.3) is 0 Å². The molecule has 0 N–H and O–H groups in total. The fourth-order valence-corrected chi connectivity index (χ4v) is 3.34. The molecule has 2 rings (SSSR count). The Balaban J connectivity index is 2.00. The molecule has 0 saturated carbocycles. The Morgan fingerprint density at radius 1 is 1.33 bits per heavy atom. The van der Waals surface area contributed by atoms with Crippen LogP contribution in [0, 0.1) is 35.5 Å². The lowest BCUT2D eigenvalue weighted by Crippen LogP contribution is -2.32. The van der Waals surface area contributed by atoms with Crippen molar-refractivity contribution in [2.24, 2.45) is 5.92 Å². The van der Waals surface area contributed by atoms with Crippen molar-refractivity contribution in [1.29, 1.82) is 10.5 Å². The van der Waals surface area contributed by atoms with Gasteiger partial charge in [0.2, 0.25) is 0 Å². The van der Waals surface area contributed by atoms with Crippen LogP contribution in [-0.4, -0.2) is 24.0 Å². The number of rotatable bonds is 5. The molecular weight excluding hydrogens is 258 g/mol. The Labute approximate surface area is 127 Å². The van der Waals surface area contributed by atoms with Crippen LogP contribution >= 0.6 is 0 Å². The van der Waals surface area contributed by atoms with E-state index < -0.39 is 0 Å². The van der Waals surface area contributed by atoms with Gasteiger partial charge in [0.15, 0.2) is 0 Å². The average Bonchev–Trinajstić information content (AvgIpc) is 2.84. The predicted molar refractivity (Wildman–Crippen MR) is 83.5 cm³/mol. The lowest BCUT2D eigenvalue weighted by atomic mass is 9.93. The van der Waals surface area contributed by atoms with Gasteiger partial charge in [0.25, 0.3) is 0 Å². The van der Waals surface area contributed by atoms with Gasteiger partial charge in [-0.25, -0.2) is 0 Å². The van der Waals surface area contributed by atoms with Crippen molar-refractivity contribution in [3.05, 3.63) is 35.4 Å². The first-order valence-electron chi connectivity index (χ1n) is 7.71. The van der Waals surface area contributed by atoms with E-state index in [0.29, 0.717) is 24.8 Å². The minimum absolute atomic E-state index is 0.0253. The van der Waals surface area contributed by atoms with Gasteiger partial charge >= 0.3 is 0 Å². The lowest BCUT2D eigenvalue weighted by molar-refractivity contribution is 0.240. The molecule has 3 atom stereocenters. The van der Waals surface area contributed by atoms with E-state index in [1.807, 2.05) is 0 Å². The number of hydrogen-bond donors (Lipinski definition) is 0. The molecule has 1 fully saturated rings. The zero-order valence-electron chi connectivity index (χ0n) is 12.9. The molecule has 0 spiro atoms. The number of likely N-dealkylation sites (tertiary alicyclic amines) is 1. The highest BCUT2D eigenvalue weighted by Gasteiger charge is 2.31. The minimum Gasteiger partial charge on any atom is -0.299 e. The zero-order chi connectivity index (χ0) is 15.2. The van der Waals surface area contributed by atoms with Crippen LogP contribution in [0.5, 0.6) is 0 Å². The monoisotopic (exact) mass is 281 g/mol. The summed E-state index contributed by atoms with van der Waals surface area (Å²) in [5.74, 6) is 0.541. The molecule has 0 aliphatic carbocycles. The normalized spacial score (nSPS) is 23.4. The first-order valence-corrected chi connectivity index (χ1v) is 7.71. The molecule has 1 aromatic carbocycles. The molecule has 1 aromatic rings. The standard InChI is InChI=1S/C18H23N3/c1-14-6-3-4-8-18(14)17-10-15(2)21(13-17)12-16(11-20)7-5-9-19/h3-4,6,8,15-17H,5,7,10,12-13H2,1-2H3/t15-,16-,17-/m1/s1. The van der Waals surface area contributed by atoms with Gasteiger partial charge in [-0.2, -0.15) is 10.5 Å². The van der Waals surface area contributed by atoms with E-state index >= 15 is 0 Å². The highest BCUT2D eigenvalue weighted by molar-refractivity contribution is 5.30. The highest BCUT2D eigenvalue weighted by Crippen LogP contribution is 2.33. The second-order valence-electron chi connectivity index (χ2n) is 6.11. The summed E-state index contributed by atoms with van der Waals surface area (Å²) in [6, 6.07) is 13.6. The van der Waals surface area contributed by atoms with E-state index in [4.69, 9.17) is 5.26 Å². The molecular formula is C18H23N3. The van der Waals surface area contributed by atoms with Crippen LogP contribution in [0.4, 0.5) is 0 Å². The Morgan fingerprint density at radius 3 is 2.76 bits per heavy atom. The maximum Gasteiger partial charge on any atom is 0.0669 e. The molecule has 0 aromatic heterocycles. The summed E-state index contributed by atoms with van der Waals surface area (Å²) in [6.07, 6.45) is 2.31. The second kappa shape index (κ2) is 7.25. The van der Waals surface area contributed by atoms with E-state index in [9.17, 15) is 5.26 Å². The smallest absolute Gasteiger partial charge is 0.0669 e. The average molecular weight is 281 g/mol. The van der Waals surface area contributed by atoms with Gasteiger partial charge in [-0.05, 0) is 43.7 Å². The molecule has 110 valence electrons. The molecule has 1 heterocycles. The van der Waals surface area contributed by atoms with Crippen molar-refractivity contribution in [3.8, 4) is 12.1 Å². The van der Waals surface area contributed by atoms with Crippen LogP contribution in [-0.2, 0) is 0 Å². The van der Waals surface area contributed by atoms with Crippen LogP contribution in [0.3, 0.4) is 0 Å². The van der Waals surface area contributed by atoms with Crippen LogP contribution in [0.15, 0.2) is 24.3 Å². The Morgan fingerprint density at radius 2 is 2.10 bits per heavy atom. The molecule has 1 aliphatic heterocycles. The molecule has 1 aliphatic rings. The maximum absolute atomic E-state index is 9.24. The number of benzene rings is 1. The van der Waals surface area contributed by atoms with Crippen molar-refractivity contribution >= 4 is 0 Å². The fraction of sp³-hybridized carbons (Fsp3) is 0.556. The molecule has 0 unspecified atom stereocenters. The van der Waals surface area contributed by atoms with Gasteiger partial charge in [-0.3, -0.25) is 4.90 Å². The Bertz CT molecular complexity index is 552. The van der Waals surface area contributed by atoms with Gasteiger partial charge < -0.3 is 0 Å². The molecule has 0 radical (unpaired) electrons. The molecule has 0 bridgehead atoms. The van der Waals surface area contributed by atoms with E-state index in [-0.39, 0.29) is 5.92 Å². The van der Waals surface area contributed by atoms with Gasteiger partial charge in [0, 0.05) is 25.6 Å². The SMILES string of the molecule is Cc1ccccc1[C@@H]1C[C@@H](C)N(C[C@@H](C#N)CCC#N)C1. The zero-order valence-corrected chi connectivity index (χ0v) is 12.9. The van der Waals surface area contributed by atoms with E-state index in [2.05, 4.69) is 55.2 Å². The number of nitrogens with zero attached hydrogens (tertiary/aromatic N) is 3. The van der Waals surface area contributed by atoms with Gasteiger partial charge in [0.1, 0.15) is 0 Å². The summed E-state index contributed by atoms with van der Waals surface area (Å²) in [5.41, 5.74) is 2.80. The molecule has 21 heavy (non-hydrogen) atoms. The third-order valence-corrected chi connectivity index (χ3v) is 4.57. The third kappa shape index (κ3) is 3.84. The largest absolute Gasteiger partial charge is 0.299 e. The van der Waals surface area contributed by atoms with Gasteiger partial charge in [-0.15, -0.1) is 0 Å². The summed E-state index contributed by atoms with van der Waals surface area (Å²) in [7, 11) is 0. The predicted octanol–water partition coefficient (Wildman–Crippen LogP) is 3.62. The number of aryl methyl sites for hydroxylation is 1. The number of hydrogen-bond acceptors (Lipinski definition) is 3. The summed E-state index contributed by atoms with van der Waals surface area (Å²) in [5, 5.41) is 17.9. The van der Waals surface area contributed by atoms with Crippen LogP contribution in [0.2, 0.25) is 0 Å². The molecule has 3 nitrogen and oxygen atoms in total. The Kier molecular flexibility index (Phi) is 5.37. The van der Waals surface area contributed by atoms with Crippen molar-refractivity contribution in [2.45, 2.75) is 45.1 Å². The van der Waals surface area contributed by atoms with Crippen molar-refractivity contribution in [3.63, 3.8) is 0 Å². The highest BCUT2D eigenvalue weighted by atomic mass is 15.2. The number of nitriles is 2. The van der Waals surface area contributed by atoms with Gasteiger partial charge in [-0.1, -0.05) is 24.3 Å². The topological polar surface area (TPSA) is 50.8 Å². The third-order valence-electron chi connectivity index (χ3n) is 4.57. The summed E-state index contributed by atoms with van der Waals surface area (Å²) >= 11 is 0. The van der Waals surface area contributed by atoms with Gasteiger partial charge in [0.05, 0.1) is 18.1 Å². The first kappa shape index (κ1) is 15.5. The summed E-state index contributed by atoms with van der Waals surface area (Å²) in [6.45, 7) is 6.24. The lowest BCUT2D eigenvalue weighted by Gasteiger charge is -2.23. The summed E-state index contributed by atoms with van der Waals surface area (Å²) in [4.78, 5) is 2.42. The van der Waals surface area contributed by atoms with E-state index in [1.165, 1.54) is 11.1 Å². The van der Waals surface area contributed by atoms with Crippen molar-refractivity contribution in [2.75, 3.05) is 13.1 Å². The van der Waals surface area contributed by atoms with E-state index in [1.54, 1.807) is 0 Å². The van der Waals surface area contributed by atoms with Crippen LogP contribution < -0.4 is 0 Å². The first-order chi connectivity index (χ1) is 10.2. The summed E-state index contributed by atoms with van der Waals surface area (Å²) < 4.78 is 0. The second-order valence-corrected chi connectivity index (χ2v) is 6.11. The molecule has 3 heteroatoms.